The Balaban J connectivity index is 1.74. The molecule has 4 aromatic rings. The Morgan fingerprint density at radius 3 is 2.44 bits per heavy atom. The summed E-state index contributed by atoms with van der Waals surface area (Å²) in [5.74, 6) is 1.00. The molecule has 2 heterocycles. The third-order valence-corrected chi connectivity index (χ3v) is 8.33. The van der Waals surface area contributed by atoms with E-state index in [-0.39, 0.29) is 15.0 Å². The molecule has 1 aromatic heterocycles. The van der Waals surface area contributed by atoms with Crippen molar-refractivity contribution >= 4 is 47.9 Å². The van der Waals surface area contributed by atoms with Crippen LogP contribution >= 0.6 is 11.8 Å². The van der Waals surface area contributed by atoms with Crippen LogP contribution in [0.1, 0.15) is 11.1 Å². The molecular formula is C23H18N2SSe. The molecule has 0 unspecified atom stereocenters. The van der Waals surface area contributed by atoms with Crippen molar-refractivity contribution in [2.24, 2.45) is 0 Å². The Bertz CT molecular complexity index is 1140. The molecular weight excluding hydrogens is 415 g/mol. The molecule has 3 aromatic carbocycles. The van der Waals surface area contributed by atoms with Gasteiger partial charge in [-0.2, -0.15) is 0 Å². The zero-order valence-corrected chi connectivity index (χ0v) is 17.5. The van der Waals surface area contributed by atoms with Crippen LogP contribution in [-0.4, -0.2) is 30.3 Å². The minimum atomic E-state index is 0.289. The summed E-state index contributed by atoms with van der Waals surface area (Å²) in [4.78, 5) is 4.89. The van der Waals surface area contributed by atoms with Gasteiger partial charge in [0.15, 0.2) is 0 Å². The van der Waals surface area contributed by atoms with Gasteiger partial charge in [0.25, 0.3) is 0 Å². The van der Waals surface area contributed by atoms with E-state index in [1.54, 1.807) is 0 Å². The SMILES string of the molecule is Cc1ccc(C2=C([Se]c3ccccc3)CSc3nc4ccccc4n32)cc1. The number of aryl methyl sites for hydroxylation is 1. The molecule has 4 heteroatoms. The fraction of sp³-hybridized carbons (Fsp3) is 0.0870. The molecule has 2 nitrogen and oxygen atoms in total. The molecule has 1 aliphatic rings. The third kappa shape index (κ3) is 3.14. The quantitative estimate of drug-likeness (QED) is 0.436. The molecule has 1 aliphatic heterocycles. The number of rotatable bonds is 3. The van der Waals surface area contributed by atoms with E-state index in [1.165, 1.54) is 31.3 Å². The number of thioether (sulfide) groups is 1. The second-order valence-corrected chi connectivity index (χ2v) is 9.95. The van der Waals surface area contributed by atoms with Crippen molar-refractivity contribution in [2.75, 3.05) is 5.75 Å². The number of hydrogen-bond acceptors (Lipinski definition) is 2. The third-order valence-electron chi connectivity index (χ3n) is 4.66. The Labute approximate surface area is 169 Å². The van der Waals surface area contributed by atoms with Crippen LogP contribution in [0.15, 0.2) is 88.5 Å². The van der Waals surface area contributed by atoms with E-state index in [2.05, 4.69) is 90.4 Å². The number of hydrogen-bond donors (Lipinski definition) is 0. The average molecular weight is 433 g/mol. The molecule has 0 bridgehead atoms. The summed E-state index contributed by atoms with van der Waals surface area (Å²) in [7, 11) is 0. The van der Waals surface area contributed by atoms with Crippen LogP contribution in [-0.2, 0) is 0 Å². The van der Waals surface area contributed by atoms with Crippen LogP contribution in [0, 0.1) is 6.92 Å². The van der Waals surface area contributed by atoms with E-state index in [4.69, 9.17) is 4.98 Å². The monoisotopic (exact) mass is 434 g/mol. The molecule has 0 saturated heterocycles. The fourth-order valence-corrected chi connectivity index (χ4v) is 6.88. The minimum absolute atomic E-state index is 0.289. The van der Waals surface area contributed by atoms with Gasteiger partial charge >= 0.3 is 170 Å². The number of imidazole rings is 1. The molecule has 27 heavy (non-hydrogen) atoms. The van der Waals surface area contributed by atoms with Crippen molar-refractivity contribution in [3.8, 4) is 0 Å². The van der Waals surface area contributed by atoms with E-state index >= 15 is 0 Å². The van der Waals surface area contributed by atoms with E-state index in [1.807, 2.05) is 11.8 Å². The van der Waals surface area contributed by atoms with Crippen molar-refractivity contribution in [3.63, 3.8) is 0 Å². The zero-order valence-electron chi connectivity index (χ0n) is 14.9. The first-order valence-corrected chi connectivity index (χ1v) is 11.6. The Kier molecular flexibility index (Phi) is 4.41. The van der Waals surface area contributed by atoms with Gasteiger partial charge in [0.05, 0.1) is 0 Å². The topological polar surface area (TPSA) is 17.8 Å². The van der Waals surface area contributed by atoms with Crippen molar-refractivity contribution < 1.29 is 0 Å². The number of para-hydroxylation sites is 2. The van der Waals surface area contributed by atoms with Gasteiger partial charge in [-0.3, -0.25) is 0 Å². The average Bonchev–Trinajstić information content (AvgIpc) is 3.08. The summed E-state index contributed by atoms with van der Waals surface area (Å²) >= 11 is 2.14. The van der Waals surface area contributed by atoms with Crippen LogP contribution in [0.2, 0.25) is 0 Å². The van der Waals surface area contributed by atoms with Gasteiger partial charge < -0.3 is 0 Å². The Morgan fingerprint density at radius 1 is 0.889 bits per heavy atom. The molecule has 0 saturated carbocycles. The molecule has 0 atom stereocenters. The number of benzene rings is 3. The fourth-order valence-electron chi connectivity index (χ4n) is 3.35. The molecule has 0 radical (unpaired) electrons. The number of nitrogens with zero attached hydrogens (tertiary/aromatic N) is 2. The second-order valence-electron chi connectivity index (χ2n) is 6.56. The van der Waals surface area contributed by atoms with E-state index in [9.17, 15) is 0 Å². The van der Waals surface area contributed by atoms with E-state index in [0.717, 1.165) is 16.4 Å². The van der Waals surface area contributed by atoms with Gasteiger partial charge in [-0.15, -0.1) is 0 Å². The van der Waals surface area contributed by atoms with Crippen LogP contribution in [0.5, 0.6) is 0 Å². The Morgan fingerprint density at radius 2 is 1.63 bits per heavy atom. The van der Waals surface area contributed by atoms with Crippen molar-refractivity contribution in [1.82, 2.24) is 9.55 Å². The number of aromatic nitrogens is 2. The summed E-state index contributed by atoms with van der Waals surface area (Å²) in [5, 5.41) is 1.10. The Hall–Kier alpha value is -2.26. The standard InChI is InChI=1S/C23H18N2SSe/c1-16-11-13-17(14-12-16)22-21(27-18-7-3-2-4-8-18)15-26-23-24-19-9-5-6-10-20(19)25(22)23/h2-14H,15H2,1H3. The van der Waals surface area contributed by atoms with Crippen molar-refractivity contribution in [3.05, 3.63) is 94.5 Å². The first-order valence-electron chi connectivity index (χ1n) is 8.93. The molecule has 132 valence electrons. The maximum absolute atomic E-state index is 4.89. The van der Waals surface area contributed by atoms with E-state index in [0.29, 0.717) is 0 Å². The molecule has 0 aliphatic carbocycles. The number of fused-ring (bicyclic) bond motifs is 3. The molecule has 5 rings (SSSR count). The van der Waals surface area contributed by atoms with Gasteiger partial charge in [-0.05, 0) is 0 Å². The van der Waals surface area contributed by atoms with Gasteiger partial charge in [0.2, 0.25) is 0 Å². The first-order chi connectivity index (χ1) is 13.3. The van der Waals surface area contributed by atoms with Crippen molar-refractivity contribution in [1.29, 1.82) is 0 Å². The van der Waals surface area contributed by atoms with Gasteiger partial charge in [0, 0.05) is 0 Å². The maximum atomic E-state index is 4.89. The first kappa shape index (κ1) is 16.9. The zero-order chi connectivity index (χ0) is 18.2. The van der Waals surface area contributed by atoms with Crippen LogP contribution in [0.3, 0.4) is 0 Å². The normalized spacial score (nSPS) is 13.8. The van der Waals surface area contributed by atoms with Crippen molar-refractivity contribution in [2.45, 2.75) is 12.1 Å². The van der Waals surface area contributed by atoms with Gasteiger partial charge in [-0.1, -0.05) is 0 Å². The molecule has 0 amide bonds. The summed E-state index contributed by atoms with van der Waals surface area (Å²) in [6.07, 6.45) is 0. The molecule has 0 spiro atoms. The van der Waals surface area contributed by atoms with Gasteiger partial charge in [0.1, 0.15) is 0 Å². The molecule has 0 fully saturated rings. The summed E-state index contributed by atoms with van der Waals surface area (Å²) < 4.78 is 5.30. The van der Waals surface area contributed by atoms with Crippen LogP contribution in [0.25, 0.3) is 16.7 Å². The summed E-state index contributed by atoms with van der Waals surface area (Å²) in [5.41, 5.74) is 6.14. The summed E-state index contributed by atoms with van der Waals surface area (Å²) in [6.45, 7) is 2.14. The predicted octanol–water partition coefficient (Wildman–Crippen LogP) is 4.70. The predicted molar refractivity (Wildman–Crippen MR) is 116 cm³/mol. The second kappa shape index (κ2) is 7.05. The van der Waals surface area contributed by atoms with Gasteiger partial charge in [-0.25, -0.2) is 0 Å². The van der Waals surface area contributed by atoms with E-state index < -0.39 is 0 Å². The van der Waals surface area contributed by atoms with Crippen LogP contribution in [0.4, 0.5) is 0 Å². The summed E-state index contributed by atoms with van der Waals surface area (Å²) in [6, 6.07) is 28.2. The molecule has 0 N–H and O–H groups in total. The van der Waals surface area contributed by atoms with Crippen LogP contribution < -0.4 is 4.46 Å².